The van der Waals surface area contributed by atoms with Gasteiger partial charge in [-0.05, 0) is 87.5 Å². The summed E-state index contributed by atoms with van der Waals surface area (Å²) in [5.74, 6) is 0. The van der Waals surface area contributed by atoms with Crippen LogP contribution in [0.4, 0.5) is 0 Å². The third-order valence-electron chi connectivity index (χ3n) is 7.07. The molecule has 0 aromatic heterocycles. The van der Waals surface area contributed by atoms with Crippen LogP contribution in [0, 0.1) is 0 Å². The molecular formula is C30H16. The van der Waals surface area contributed by atoms with Gasteiger partial charge in [-0.2, -0.15) is 0 Å². The first-order valence-electron chi connectivity index (χ1n) is 10.5. The summed E-state index contributed by atoms with van der Waals surface area (Å²) >= 11 is 0. The third-order valence-corrected chi connectivity index (χ3v) is 7.07. The van der Waals surface area contributed by atoms with Crippen LogP contribution in [0.5, 0.6) is 0 Å². The van der Waals surface area contributed by atoms with Crippen molar-refractivity contribution in [3.63, 3.8) is 0 Å². The van der Waals surface area contributed by atoms with Crippen LogP contribution in [0.3, 0.4) is 0 Å². The molecule has 0 aliphatic heterocycles. The van der Waals surface area contributed by atoms with Crippen molar-refractivity contribution < 1.29 is 0 Å². The molecular weight excluding hydrogens is 360 g/mol. The summed E-state index contributed by atoms with van der Waals surface area (Å²) in [5.41, 5.74) is 0. The van der Waals surface area contributed by atoms with Crippen LogP contribution in [-0.2, 0) is 0 Å². The Balaban J connectivity index is 1.74. The summed E-state index contributed by atoms with van der Waals surface area (Å²) in [6, 6.07) is 36.4. The molecule has 8 aromatic rings. The molecule has 0 radical (unpaired) electrons. The molecule has 30 heavy (non-hydrogen) atoms. The predicted octanol–water partition coefficient (Wildman–Crippen LogP) is 8.63. The van der Waals surface area contributed by atoms with Crippen molar-refractivity contribution in [1.82, 2.24) is 0 Å². The summed E-state index contributed by atoms with van der Waals surface area (Å²) in [6.45, 7) is 0. The van der Waals surface area contributed by atoms with Crippen LogP contribution < -0.4 is 0 Å². The van der Waals surface area contributed by atoms with E-state index in [0.29, 0.717) is 0 Å². The lowest BCUT2D eigenvalue weighted by Crippen LogP contribution is -1.89. The normalized spacial score (nSPS) is 12.7. The molecule has 0 aliphatic carbocycles. The van der Waals surface area contributed by atoms with Crippen molar-refractivity contribution in [2.75, 3.05) is 0 Å². The second-order valence-corrected chi connectivity index (χ2v) is 8.56. The molecule has 0 spiro atoms. The van der Waals surface area contributed by atoms with Gasteiger partial charge in [-0.25, -0.2) is 0 Å². The molecule has 0 fully saturated rings. The summed E-state index contributed by atoms with van der Waals surface area (Å²) in [6.07, 6.45) is 0. The number of hydrogen-bond donors (Lipinski definition) is 0. The maximum Gasteiger partial charge on any atom is -0.00201 e. The van der Waals surface area contributed by atoms with E-state index >= 15 is 0 Å². The van der Waals surface area contributed by atoms with Crippen molar-refractivity contribution in [1.29, 1.82) is 0 Å². The molecule has 0 atom stereocenters. The van der Waals surface area contributed by atoms with Crippen LogP contribution in [0.1, 0.15) is 0 Å². The average Bonchev–Trinajstić information content (AvgIpc) is 2.80. The van der Waals surface area contributed by atoms with E-state index in [2.05, 4.69) is 97.1 Å². The SMILES string of the molecule is c1cc2ccc3cc4cc5ccc6cccc7ccc(c4c4ccc(c1)c2c34)c5c67. The molecule has 0 heteroatoms. The van der Waals surface area contributed by atoms with Gasteiger partial charge in [0.1, 0.15) is 0 Å². The Labute approximate surface area is 172 Å². The van der Waals surface area contributed by atoms with Crippen molar-refractivity contribution in [3.05, 3.63) is 97.1 Å². The highest BCUT2D eigenvalue weighted by molar-refractivity contribution is 6.37. The molecule has 0 saturated heterocycles. The summed E-state index contributed by atoms with van der Waals surface area (Å²) in [7, 11) is 0. The van der Waals surface area contributed by atoms with Crippen molar-refractivity contribution in [2.24, 2.45) is 0 Å². The van der Waals surface area contributed by atoms with Gasteiger partial charge in [0.05, 0.1) is 0 Å². The number of rotatable bonds is 0. The highest BCUT2D eigenvalue weighted by atomic mass is 14.2. The predicted molar refractivity (Wildman–Crippen MR) is 131 cm³/mol. The Bertz CT molecular complexity index is 1770. The van der Waals surface area contributed by atoms with Crippen LogP contribution >= 0.6 is 0 Å². The fraction of sp³-hybridized carbons (Fsp3) is 0. The Morgan fingerprint density at radius 3 is 1.13 bits per heavy atom. The lowest BCUT2D eigenvalue weighted by molar-refractivity contribution is 1.79. The summed E-state index contributed by atoms with van der Waals surface area (Å²) in [5, 5.41) is 19.0. The molecule has 0 bridgehead atoms. The average molecular weight is 376 g/mol. The molecule has 8 rings (SSSR count). The first-order valence-corrected chi connectivity index (χ1v) is 10.5. The van der Waals surface area contributed by atoms with Crippen molar-refractivity contribution in [2.45, 2.75) is 0 Å². The lowest BCUT2D eigenvalue weighted by atomic mass is 9.86. The first kappa shape index (κ1) is 15.0. The Hall–Kier alpha value is -3.90. The molecule has 136 valence electrons. The maximum atomic E-state index is 2.39. The first-order chi connectivity index (χ1) is 14.9. The van der Waals surface area contributed by atoms with Crippen molar-refractivity contribution >= 4 is 75.4 Å². The Morgan fingerprint density at radius 2 is 0.667 bits per heavy atom. The van der Waals surface area contributed by atoms with Gasteiger partial charge in [-0.1, -0.05) is 84.9 Å². The molecule has 8 aromatic carbocycles. The number of fused-ring (bicyclic) bond motifs is 3. The van der Waals surface area contributed by atoms with Crippen LogP contribution in [0.15, 0.2) is 97.1 Å². The quantitative estimate of drug-likeness (QED) is 0.183. The van der Waals surface area contributed by atoms with Crippen LogP contribution in [0.2, 0.25) is 0 Å². The highest BCUT2D eigenvalue weighted by Crippen LogP contribution is 2.44. The van der Waals surface area contributed by atoms with E-state index in [4.69, 9.17) is 0 Å². The molecule has 0 saturated carbocycles. The van der Waals surface area contributed by atoms with E-state index in [1.807, 2.05) is 0 Å². The van der Waals surface area contributed by atoms with Gasteiger partial charge in [0.25, 0.3) is 0 Å². The Morgan fingerprint density at radius 1 is 0.267 bits per heavy atom. The second kappa shape index (κ2) is 4.98. The van der Waals surface area contributed by atoms with E-state index < -0.39 is 0 Å². The molecule has 0 N–H and O–H groups in total. The molecule has 0 aliphatic rings. The van der Waals surface area contributed by atoms with E-state index in [-0.39, 0.29) is 0 Å². The summed E-state index contributed by atoms with van der Waals surface area (Å²) < 4.78 is 0. The molecule has 0 heterocycles. The minimum absolute atomic E-state index is 1.32. The van der Waals surface area contributed by atoms with E-state index in [1.54, 1.807) is 0 Å². The van der Waals surface area contributed by atoms with E-state index in [1.165, 1.54) is 75.4 Å². The van der Waals surface area contributed by atoms with Gasteiger partial charge >= 0.3 is 0 Å². The van der Waals surface area contributed by atoms with Crippen molar-refractivity contribution in [3.8, 4) is 0 Å². The van der Waals surface area contributed by atoms with E-state index in [0.717, 1.165) is 0 Å². The van der Waals surface area contributed by atoms with Gasteiger partial charge in [0.2, 0.25) is 0 Å². The van der Waals surface area contributed by atoms with Crippen LogP contribution in [-0.4, -0.2) is 0 Å². The van der Waals surface area contributed by atoms with Gasteiger partial charge in [0, 0.05) is 0 Å². The van der Waals surface area contributed by atoms with E-state index in [9.17, 15) is 0 Å². The Kier molecular flexibility index (Phi) is 2.49. The zero-order valence-corrected chi connectivity index (χ0v) is 16.2. The standard InChI is InChI=1S/C30H16/c1-3-17-7-9-21-15-23-16-22-10-8-18-4-2-6-20-12-14-25(30(22)27(18)20)28(23)24-13-11-19(5-1)26(17)29(21)24/h1-16H. The minimum Gasteiger partial charge on any atom is -0.0610 e. The number of benzene rings is 8. The monoisotopic (exact) mass is 376 g/mol. The minimum atomic E-state index is 1.32. The molecule has 0 unspecified atom stereocenters. The van der Waals surface area contributed by atoms with Gasteiger partial charge in [-0.3, -0.25) is 0 Å². The van der Waals surface area contributed by atoms with Gasteiger partial charge < -0.3 is 0 Å². The van der Waals surface area contributed by atoms with Gasteiger partial charge in [0.15, 0.2) is 0 Å². The largest absolute Gasteiger partial charge is 0.0610 e. The van der Waals surface area contributed by atoms with Crippen LogP contribution in [0.25, 0.3) is 75.4 Å². The zero-order valence-electron chi connectivity index (χ0n) is 16.2. The smallest absolute Gasteiger partial charge is 0.00201 e. The van der Waals surface area contributed by atoms with Gasteiger partial charge in [-0.15, -0.1) is 0 Å². The second-order valence-electron chi connectivity index (χ2n) is 8.56. The third kappa shape index (κ3) is 1.66. The topological polar surface area (TPSA) is 0 Å². The highest BCUT2D eigenvalue weighted by Gasteiger charge is 2.16. The molecule has 0 nitrogen and oxygen atoms in total. The maximum absolute atomic E-state index is 2.39. The molecule has 0 amide bonds. The fourth-order valence-corrected chi connectivity index (χ4v) is 5.85. The fourth-order valence-electron chi connectivity index (χ4n) is 5.85. The lowest BCUT2D eigenvalue weighted by Gasteiger charge is -2.17. The zero-order chi connectivity index (χ0) is 19.4. The number of hydrogen-bond acceptors (Lipinski definition) is 0. The summed E-state index contributed by atoms with van der Waals surface area (Å²) in [4.78, 5) is 0.